The number of primary amides is 1. The van der Waals surface area contributed by atoms with Gasteiger partial charge in [0.05, 0.1) is 5.54 Å². The van der Waals surface area contributed by atoms with Crippen LogP contribution in [0.5, 0.6) is 0 Å². The molecule has 4 nitrogen and oxygen atoms in total. The summed E-state index contributed by atoms with van der Waals surface area (Å²) in [5, 5.41) is 0. The zero-order valence-corrected chi connectivity index (χ0v) is 13.6. The smallest absolute Gasteiger partial charge is 0.404 e. The fraction of sp³-hybridized carbons (Fsp3) is 0.588. The van der Waals surface area contributed by atoms with Gasteiger partial charge in [0.15, 0.2) is 0 Å². The van der Waals surface area contributed by atoms with E-state index >= 15 is 0 Å². The molecule has 1 aromatic rings. The van der Waals surface area contributed by atoms with Crippen molar-refractivity contribution in [1.29, 1.82) is 0 Å². The molecule has 4 heteroatoms. The van der Waals surface area contributed by atoms with E-state index in [0.29, 0.717) is 0 Å². The summed E-state index contributed by atoms with van der Waals surface area (Å²) in [6, 6.07) is 10.2. The third-order valence-corrected chi connectivity index (χ3v) is 5.02. The first-order chi connectivity index (χ1) is 9.66. The average molecular weight is 290 g/mol. The van der Waals surface area contributed by atoms with Crippen LogP contribution in [0.4, 0.5) is 4.79 Å². The van der Waals surface area contributed by atoms with E-state index < -0.39 is 6.09 Å². The molecule has 116 valence electrons. The summed E-state index contributed by atoms with van der Waals surface area (Å²) in [6.07, 6.45) is -0.0629. The fourth-order valence-corrected chi connectivity index (χ4v) is 3.59. The van der Waals surface area contributed by atoms with Gasteiger partial charge in [-0.15, -0.1) is 0 Å². The molecule has 0 aliphatic carbocycles. The number of hydrogen-bond acceptors (Lipinski definition) is 3. The number of carbonyl (C=O) groups excluding carboxylic acids is 1. The first kappa shape index (κ1) is 15.8. The molecule has 0 saturated carbocycles. The highest BCUT2D eigenvalue weighted by molar-refractivity contribution is 5.65. The molecule has 2 rings (SSSR count). The van der Waals surface area contributed by atoms with Crippen molar-refractivity contribution in [2.24, 2.45) is 5.73 Å². The Morgan fingerprint density at radius 2 is 1.81 bits per heavy atom. The number of likely N-dealkylation sites (N-methyl/N-ethyl adjacent to an activating group) is 1. The lowest BCUT2D eigenvalue weighted by Crippen LogP contribution is -2.66. The third kappa shape index (κ3) is 2.91. The normalized spacial score (nSPS) is 28.0. The fourth-order valence-electron chi connectivity index (χ4n) is 3.59. The minimum atomic E-state index is -0.706. The molecule has 0 radical (unpaired) electrons. The molecule has 1 fully saturated rings. The highest BCUT2D eigenvalue weighted by Crippen LogP contribution is 2.46. The van der Waals surface area contributed by atoms with Gasteiger partial charge < -0.3 is 10.5 Å². The Hall–Kier alpha value is -1.55. The molecule has 1 aliphatic rings. The van der Waals surface area contributed by atoms with Crippen molar-refractivity contribution >= 4 is 6.09 Å². The van der Waals surface area contributed by atoms with Crippen molar-refractivity contribution in [1.82, 2.24) is 4.90 Å². The molecular weight excluding hydrogens is 264 g/mol. The van der Waals surface area contributed by atoms with Gasteiger partial charge >= 0.3 is 6.09 Å². The summed E-state index contributed by atoms with van der Waals surface area (Å²) in [4.78, 5) is 13.7. The van der Waals surface area contributed by atoms with Crippen LogP contribution in [-0.2, 0) is 4.74 Å². The second-order valence-corrected chi connectivity index (χ2v) is 7.10. The Morgan fingerprint density at radius 3 is 2.33 bits per heavy atom. The molecule has 21 heavy (non-hydrogen) atoms. The van der Waals surface area contributed by atoms with Crippen LogP contribution >= 0.6 is 0 Å². The largest absolute Gasteiger partial charge is 0.444 e. The predicted octanol–water partition coefficient (Wildman–Crippen LogP) is 3.13. The Bertz CT molecular complexity index is 511. The SMILES string of the molecule is CN1C(C)(C)CC(c2ccccc2)C(OC(N)=O)C1(C)C. The first-order valence-electron chi connectivity index (χ1n) is 7.41. The van der Waals surface area contributed by atoms with Crippen LogP contribution < -0.4 is 5.73 Å². The Kier molecular flexibility index (Phi) is 4.02. The summed E-state index contributed by atoms with van der Waals surface area (Å²) in [7, 11) is 2.08. The number of likely N-dealkylation sites (tertiary alicyclic amines) is 1. The molecule has 1 saturated heterocycles. The number of carbonyl (C=O) groups is 1. The van der Waals surface area contributed by atoms with E-state index in [4.69, 9.17) is 10.5 Å². The standard InChI is InChI=1S/C17H26N2O2/c1-16(2)11-13(12-9-7-6-8-10-12)14(21-15(18)20)17(3,4)19(16)5/h6-10,13-14H,11H2,1-5H3,(H2,18,20). The Labute approximate surface area is 127 Å². The second kappa shape index (κ2) is 5.34. The molecule has 0 aromatic heterocycles. The van der Waals surface area contributed by atoms with Gasteiger partial charge in [0.2, 0.25) is 0 Å². The molecule has 1 amide bonds. The number of ether oxygens (including phenoxy) is 1. The maximum atomic E-state index is 11.4. The Balaban J connectivity index is 2.46. The van der Waals surface area contributed by atoms with Gasteiger partial charge in [-0.2, -0.15) is 0 Å². The van der Waals surface area contributed by atoms with Gasteiger partial charge in [0.25, 0.3) is 0 Å². The number of piperidine rings is 1. The van der Waals surface area contributed by atoms with Gasteiger partial charge in [0, 0.05) is 11.5 Å². The number of nitrogens with two attached hydrogens (primary N) is 1. The lowest BCUT2D eigenvalue weighted by Gasteiger charge is -2.57. The summed E-state index contributed by atoms with van der Waals surface area (Å²) in [5.41, 5.74) is 6.23. The van der Waals surface area contributed by atoms with Crippen LogP contribution in [0.3, 0.4) is 0 Å². The van der Waals surface area contributed by atoms with Crippen LogP contribution in [0.1, 0.15) is 45.6 Å². The minimum absolute atomic E-state index is 0.0154. The zero-order valence-electron chi connectivity index (χ0n) is 13.6. The van der Waals surface area contributed by atoms with E-state index in [-0.39, 0.29) is 23.1 Å². The molecule has 0 spiro atoms. The first-order valence-corrected chi connectivity index (χ1v) is 7.41. The monoisotopic (exact) mass is 290 g/mol. The van der Waals surface area contributed by atoms with Crippen molar-refractivity contribution in [3.05, 3.63) is 35.9 Å². The Morgan fingerprint density at radius 1 is 1.24 bits per heavy atom. The van der Waals surface area contributed by atoms with Crippen molar-refractivity contribution in [2.75, 3.05) is 7.05 Å². The predicted molar refractivity (Wildman–Crippen MR) is 84.2 cm³/mol. The van der Waals surface area contributed by atoms with Gasteiger partial charge in [-0.25, -0.2) is 4.79 Å². The molecule has 1 heterocycles. The molecule has 2 unspecified atom stereocenters. The molecule has 2 N–H and O–H groups in total. The van der Waals surface area contributed by atoms with E-state index in [2.05, 4.69) is 51.8 Å². The van der Waals surface area contributed by atoms with E-state index in [1.807, 2.05) is 18.2 Å². The maximum absolute atomic E-state index is 11.4. The lowest BCUT2D eigenvalue weighted by molar-refractivity contribution is -0.104. The highest BCUT2D eigenvalue weighted by atomic mass is 16.6. The zero-order chi connectivity index (χ0) is 15.8. The summed E-state index contributed by atoms with van der Waals surface area (Å²) >= 11 is 0. The quantitative estimate of drug-likeness (QED) is 0.910. The van der Waals surface area contributed by atoms with Crippen molar-refractivity contribution in [3.63, 3.8) is 0 Å². The van der Waals surface area contributed by atoms with E-state index in [9.17, 15) is 4.79 Å². The second-order valence-electron chi connectivity index (χ2n) is 7.10. The number of amides is 1. The number of nitrogens with zero attached hydrogens (tertiary/aromatic N) is 1. The number of benzene rings is 1. The van der Waals surface area contributed by atoms with E-state index in [1.165, 1.54) is 5.56 Å². The van der Waals surface area contributed by atoms with Gasteiger partial charge in [-0.05, 0) is 46.7 Å². The van der Waals surface area contributed by atoms with Crippen molar-refractivity contribution in [3.8, 4) is 0 Å². The molecule has 1 aliphatic heterocycles. The van der Waals surface area contributed by atoms with E-state index in [1.54, 1.807) is 0 Å². The molecule has 2 atom stereocenters. The van der Waals surface area contributed by atoms with Crippen molar-refractivity contribution in [2.45, 2.75) is 57.2 Å². The van der Waals surface area contributed by atoms with E-state index in [0.717, 1.165) is 6.42 Å². The minimum Gasteiger partial charge on any atom is -0.444 e. The van der Waals surface area contributed by atoms with Crippen LogP contribution in [0.25, 0.3) is 0 Å². The molecular formula is C17H26N2O2. The third-order valence-electron chi connectivity index (χ3n) is 5.02. The number of rotatable bonds is 2. The van der Waals surface area contributed by atoms with Gasteiger partial charge in [-0.1, -0.05) is 30.3 Å². The molecule has 0 bridgehead atoms. The van der Waals surface area contributed by atoms with Crippen LogP contribution in [-0.4, -0.2) is 35.2 Å². The molecule has 1 aromatic carbocycles. The number of hydrogen-bond donors (Lipinski definition) is 1. The van der Waals surface area contributed by atoms with Crippen molar-refractivity contribution < 1.29 is 9.53 Å². The lowest BCUT2D eigenvalue weighted by atomic mass is 9.69. The topological polar surface area (TPSA) is 55.6 Å². The van der Waals surface area contributed by atoms with Crippen LogP contribution in [0, 0.1) is 0 Å². The van der Waals surface area contributed by atoms with Gasteiger partial charge in [-0.3, -0.25) is 4.90 Å². The average Bonchev–Trinajstić information content (AvgIpc) is 2.41. The summed E-state index contributed by atoms with van der Waals surface area (Å²) < 4.78 is 5.53. The maximum Gasteiger partial charge on any atom is 0.404 e. The van der Waals surface area contributed by atoms with Crippen LogP contribution in [0.15, 0.2) is 30.3 Å². The summed E-state index contributed by atoms with van der Waals surface area (Å²) in [6.45, 7) is 8.67. The van der Waals surface area contributed by atoms with Crippen LogP contribution in [0.2, 0.25) is 0 Å². The van der Waals surface area contributed by atoms with Gasteiger partial charge in [0.1, 0.15) is 6.10 Å². The highest BCUT2D eigenvalue weighted by Gasteiger charge is 2.52. The summed E-state index contributed by atoms with van der Waals surface area (Å²) in [5.74, 6) is 0.139.